The van der Waals surface area contributed by atoms with Crippen molar-refractivity contribution in [2.75, 3.05) is 0 Å². The third kappa shape index (κ3) is 2.27. The summed E-state index contributed by atoms with van der Waals surface area (Å²) >= 11 is 0. The smallest absolute Gasteiger partial charge is 0.406 e. The van der Waals surface area contributed by atoms with Gasteiger partial charge in [-0.3, -0.25) is 4.79 Å². The molecule has 1 aromatic heterocycles. The molecule has 0 unspecified atom stereocenters. The summed E-state index contributed by atoms with van der Waals surface area (Å²) in [7, 11) is 0. The van der Waals surface area contributed by atoms with Crippen LogP contribution in [0.4, 0.5) is 13.2 Å². The van der Waals surface area contributed by atoms with Gasteiger partial charge < -0.3 is 9.67 Å². The van der Waals surface area contributed by atoms with Crippen molar-refractivity contribution < 1.29 is 18.3 Å². The number of rotatable bonds is 1. The molecule has 0 saturated carbocycles. The van der Waals surface area contributed by atoms with E-state index in [4.69, 9.17) is 5.11 Å². The predicted molar refractivity (Wildman–Crippen MR) is 43.2 cm³/mol. The minimum Gasteiger partial charge on any atom is -0.503 e. The highest BCUT2D eigenvalue weighted by Crippen LogP contribution is 2.19. The Hall–Kier alpha value is -1.46. The molecule has 0 radical (unpaired) electrons. The molecule has 1 aromatic rings. The maximum absolute atomic E-state index is 12.0. The molecule has 0 spiro atoms. The van der Waals surface area contributed by atoms with Crippen LogP contribution in [-0.2, 0) is 6.54 Å². The van der Waals surface area contributed by atoms with Crippen LogP contribution in [0.3, 0.4) is 0 Å². The summed E-state index contributed by atoms with van der Waals surface area (Å²) in [5.41, 5.74) is -0.768. The van der Waals surface area contributed by atoms with E-state index in [9.17, 15) is 18.0 Å². The zero-order valence-electron chi connectivity index (χ0n) is 7.30. The van der Waals surface area contributed by atoms with Crippen molar-refractivity contribution in [2.45, 2.75) is 19.6 Å². The molecule has 0 aromatic carbocycles. The van der Waals surface area contributed by atoms with E-state index in [0.717, 1.165) is 16.8 Å². The van der Waals surface area contributed by atoms with Crippen molar-refractivity contribution in [2.24, 2.45) is 0 Å². The first kappa shape index (κ1) is 10.6. The number of alkyl halides is 3. The van der Waals surface area contributed by atoms with E-state index in [1.165, 1.54) is 6.92 Å². The van der Waals surface area contributed by atoms with Crippen molar-refractivity contribution in [1.29, 1.82) is 0 Å². The lowest BCUT2D eigenvalue weighted by Crippen LogP contribution is -2.20. The largest absolute Gasteiger partial charge is 0.503 e. The van der Waals surface area contributed by atoms with Crippen LogP contribution >= 0.6 is 0 Å². The minimum atomic E-state index is -4.37. The van der Waals surface area contributed by atoms with E-state index < -0.39 is 23.9 Å². The monoisotopic (exact) mass is 207 g/mol. The Morgan fingerprint density at radius 2 is 2.07 bits per heavy atom. The van der Waals surface area contributed by atoms with E-state index in [-0.39, 0.29) is 5.69 Å². The van der Waals surface area contributed by atoms with Gasteiger partial charge in [-0.25, -0.2) is 0 Å². The number of halogens is 3. The minimum absolute atomic E-state index is 0.0881. The fourth-order valence-electron chi connectivity index (χ4n) is 1.03. The molecular formula is C8H8F3NO2. The summed E-state index contributed by atoms with van der Waals surface area (Å²) in [5.74, 6) is -0.642. The van der Waals surface area contributed by atoms with E-state index in [2.05, 4.69) is 0 Å². The van der Waals surface area contributed by atoms with Gasteiger partial charge in [0.15, 0.2) is 5.75 Å². The number of hydrogen-bond acceptors (Lipinski definition) is 2. The van der Waals surface area contributed by atoms with Gasteiger partial charge in [0.05, 0.1) is 5.69 Å². The fourth-order valence-corrected chi connectivity index (χ4v) is 1.03. The van der Waals surface area contributed by atoms with Crippen molar-refractivity contribution in [3.05, 3.63) is 28.2 Å². The van der Waals surface area contributed by atoms with Gasteiger partial charge >= 0.3 is 6.18 Å². The van der Waals surface area contributed by atoms with Crippen LogP contribution in [0.5, 0.6) is 5.75 Å². The molecule has 3 nitrogen and oxygen atoms in total. The Bertz CT molecular complexity index is 395. The summed E-state index contributed by atoms with van der Waals surface area (Å²) in [4.78, 5) is 10.8. The highest BCUT2D eigenvalue weighted by atomic mass is 19.4. The molecule has 0 amide bonds. The molecule has 0 saturated heterocycles. The first-order chi connectivity index (χ1) is 6.31. The quantitative estimate of drug-likeness (QED) is 0.756. The third-order valence-electron chi connectivity index (χ3n) is 1.76. The first-order valence-corrected chi connectivity index (χ1v) is 3.77. The van der Waals surface area contributed by atoms with Gasteiger partial charge in [0.2, 0.25) is 5.43 Å². The van der Waals surface area contributed by atoms with Gasteiger partial charge in [-0.15, -0.1) is 0 Å². The number of hydrogen-bond donors (Lipinski definition) is 1. The predicted octanol–water partition coefficient (Wildman–Crippen LogP) is 1.42. The van der Waals surface area contributed by atoms with Crippen LogP contribution in [-0.4, -0.2) is 15.8 Å². The van der Waals surface area contributed by atoms with Crippen LogP contribution in [0.1, 0.15) is 5.69 Å². The lowest BCUT2D eigenvalue weighted by Gasteiger charge is -2.13. The fraction of sp³-hybridized carbons (Fsp3) is 0.375. The molecule has 6 heteroatoms. The lowest BCUT2D eigenvalue weighted by molar-refractivity contribution is -0.141. The van der Waals surface area contributed by atoms with E-state index >= 15 is 0 Å². The average Bonchev–Trinajstić information content (AvgIpc) is 2.04. The molecule has 14 heavy (non-hydrogen) atoms. The maximum Gasteiger partial charge on any atom is 0.406 e. The van der Waals surface area contributed by atoms with Crippen molar-refractivity contribution in [3.63, 3.8) is 0 Å². The molecule has 1 N–H and O–H groups in total. The second kappa shape index (κ2) is 3.36. The van der Waals surface area contributed by atoms with Gasteiger partial charge in [0.25, 0.3) is 0 Å². The van der Waals surface area contributed by atoms with Crippen LogP contribution in [0.2, 0.25) is 0 Å². The summed E-state index contributed by atoms with van der Waals surface area (Å²) in [5, 5.41) is 9.08. The Balaban J connectivity index is 3.13. The maximum atomic E-state index is 12.0. The highest BCUT2D eigenvalue weighted by Gasteiger charge is 2.28. The van der Waals surface area contributed by atoms with Crippen LogP contribution in [0, 0.1) is 6.92 Å². The molecule has 1 heterocycles. The summed E-state index contributed by atoms with van der Waals surface area (Å²) < 4.78 is 36.7. The third-order valence-corrected chi connectivity index (χ3v) is 1.76. The molecule has 0 aliphatic carbocycles. The topological polar surface area (TPSA) is 42.2 Å². The molecule has 0 aliphatic heterocycles. The molecule has 0 aliphatic rings. The Morgan fingerprint density at radius 3 is 2.57 bits per heavy atom. The van der Waals surface area contributed by atoms with E-state index in [1.807, 2.05) is 0 Å². The molecule has 1 rings (SSSR count). The number of pyridine rings is 1. The highest BCUT2D eigenvalue weighted by molar-refractivity contribution is 5.25. The van der Waals surface area contributed by atoms with Crippen LogP contribution in [0.15, 0.2) is 17.1 Å². The molecule has 0 fully saturated rings. The molecular weight excluding hydrogens is 199 g/mol. The Kier molecular flexibility index (Phi) is 2.55. The lowest BCUT2D eigenvalue weighted by atomic mass is 10.3. The Labute approximate surface area is 77.4 Å². The van der Waals surface area contributed by atoms with Crippen LogP contribution < -0.4 is 5.43 Å². The van der Waals surface area contributed by atoms with Crippen LogP contribution in [0.25, 0.3) is 0 Å². The summed E-state index contributed by atoms with van der Waals surface area (Å²) in [6.45, 7) is 0.0369. The molecule has 0 atom stereocenters. The van der Waals surface area contributed by atoms with Gasteiger partial charge in [-0.05, 0) is 6.92 Å². The van der Waals surface area contributed by atoms with Crippen molar-refractivity contribution in [3.8, 4) is 5.75 Å². The Morgan fingerprint density at radius 1 is 1.50 bits per heavy atom. The normalized spacial score (nSPS) is 11.7. The first-order valence-electron chi connectivity index (χ1n) is 3.77. The number of nitrogens with zero attached hydrogens (tertiary/aromatic N) is 1. The van der Waals surface area contributed by atoms with E-state index in [1.54, 1.807) is 0 Å². The number of aromatic hydroxyl groups is 1. The molecule has 0 bridgehead atoms. The standard InChI is InChI=1S/C8H8F3NO2/c1-5-7(14)6(13)2-3-12(5)4-8(9,10)11/h2-3,14H,4H2,1H3. The van der Waals surface area contributed by atoms with Gasteiger partial charge in [-0.2, -0.15) is 13.2 Å². The summed E-state index contributed by atoms with van der Waals surface area (Å²) in [6, 6.07) is 0.897. The van der Waals surface area contributed by atoms with Gasteiger partial charge in [-0.1, -0.05) is 0 Å². The second-order valence-electron chi connectivity index (χ2n) is 2.86. The van der Waals surface area contributed by atoms with Gasteiger partial charge in [0, 0.05) is 12.3 Å². The van der Waals surface area contributed by atoms with Crippen molar-refractivity contribution >= 4 is 0 Å². The van der Waals surface area contributed by atoms with Crippen molar-refractivity contribution in [1.82, 2.24) is 4.57 Å². The zero-order valence-corrected chi connectivity index (χ0v) is 7.30. The van der Waals surface area contributed by atoms with E-state index in [0.29, 0.717) is 0 Å². The van der Waals surface area contributed by atoms with Gasteiger partial charge in [0.1, 0.15) is 6.54 Å². The average molecular weight is 207 g/mol. The molecule has 78 valence electrons. The second-order valence-corrected chi connectivity index (χ2v) is 2.86. The summed E-state index contributed by atoms with van der Waals surface area (Å²) in [6.07, 6.45) is -3.36. The zero-order chi connectivity index (χ0) is 10.9. The number of aromatic nitrogens is 1. The SMILES string of the molecule is Cc1c(O)c(=O)ccn1CC(F)(F)F.